The van der Waals surface area contributed by atoms with Crippen molar-refractivity contribution in [1.29, 1.82) is 0 Å². The van der Waals surface area contributed by atoms with Crippen molar-refractivity contribution >= 4 is 128 Å². The number of hydrogen-bond donors (Lipinski definition) is 16. The summed E-state index contributed by atoms with van der Waals surface area (Å²) in [6.07, 6.45) is 8.15. The lowest BCUT2D eigenvalue weighted by molar-refractivity contribution is -0.145. The Hall–Kier alpha value is -12.3. The van der Waals surface area contributed by atoms with Gasteiger partial charge in [0.1, 0.15) is 66.5 Å². The number of nitrogens with zero attached hydrogens (tertiary/aromatic N) is 6. The molecule has 5 heterocycles. The smallest absolute Gasteiger partial charge is 0.246 e. The second kappa shape index (κ2) is 49.2. The van der Waals surface area contributed by atoms with Crippen LogP contribution < -0.4 is 64.6 Å². The van der Waals surface area contributed by atoms with Gasteiger partial charge in [-0.05, 0) is 93.2 Å². The summed E-state index contributed by atoms with van der Waals surface area (Å²) >= 11 is 0.869. The van der Waals surface area contributed by atoms with Crippen molar-refractivity contribution in [2.24, 2.45) is 23.3 Å². The molecule has 18 N–H and O–H groups in total. The first-order valence-electron chi connectivity index (χ1n) is 43.6. The van der Waals surface area contributed by atoms with E-state index in [0.29, 0.717) is 65.4 Å². The lowest BCUT2D eigenvalue weighted by Crippen LogP contribution is -2.60. The number of aliphatic hydroxyl groups is 1. The van der Waals surface area contributed by atoms with Gasteiger partial charge in [-0.2, -0.15) is 0 Å². The van der Waals surface area contributed by atoms with Gasteiger partial charge in [0.05, 0.1) is 44.2 Å². The summed E-state index contributed by atoms with van der Waals surface area (Å²) in [5, 5.41) is 39.7. The molecule has 13 unspecified atom stereocenters. The highest BCUT2D eigenvalue weighted by molar-refractivity contribution is 8.00. The van der Waals surface area contributed by atoms with Crippen LogP contribution >= 0.6 is 11.8 Å². The first-order chi connectivity index (χ1) is 61.0. The zero-order chi connectivity index (χ0) is 93.6. The molecular weight excluding hydrogens is 1670 g/mol. The number of primary amides is 2. The standard InChI is InChI=1S/C89H127N21O17S/c1-12-14-26-58-45-106(8)72(31-15-13-2)84(122)99-63(34-51(3)4)80(118)105-71(79(117)95-44-75(91)113)48-128-49-77(115)98-67(36-54-24-17-16-18-25-54)87(125)108(10)53(7)78(116)101-69(40-74(90)112)89(127)110-33-23-32-73(110)85(123)100-65(39-57-43-92-50-96-57)82(120)102-66(35-52(5)6)86(124)107(9)46-76(114)97-64(37-55-41-93-61-29-21-19-27-59(55)61)81(119)104-70(47-111)83(121)103-68(88(126)109(58)11)38-56-42-94-62-30-22-20-28-60(56)62/h16-22,24-25,27-30,41-43,50-53,58,63-73,93-94,111H,12-15,23,26,31-40,44-49H2,1-11H3,(H2,90,112)(H2,91,113)(H,92,96)(H,95,117)(H,97,114)(H,98,115)(H,99,122)(H,100,123)(H,101,116)(H,102,120)(H,103,121)(H,104,119)(H,105,118). The Bertz CT molecular complexity index is 4830. The van der Waals surface area contributed by atoms with Crippen LogP contribution in [0.4, 0.5) is 0 Å². The fourth-order valence-corrected chi connectivity index (χ4v) is 16.7. The Morgan fingerprint density at radius 1 is 0.547 bits per heavy atom. The van der Waals surface area contributed by atoms with Gasteiger partial charge in [-0.3, -0.25) is 81.6 Å². The number of thioether (sulfide) groups is 1. The molecule has 696 valence electrons. The molecule has 0 radical (unpaired) electrons. The molecule has 0 bridgehead atoms. The first-order valence-corrected chi connectivity index (χ1v) is 44.8. The maximum absolute atomic E-state index is 15.7. The van der Waals surface area contributed by atoms with Gasteiger partial charge in [0.2, 0.25) is 94.5 Å². The van der Waals surface area contributed by atoms with E-state index in [9.17, 15) is 62.6 Å². The Kier molecular flexibility index (Phi) is 38.9. The van der Waals surface area contributed by atoms with E-state index in [4.69, 9.17) is 11.5 Å². The maximum atomic E-state index is 15.7. The first kappa shape index (κ1) is 101. The lowest BCUT2D eigenvalue weighted by Gasteiger charge is -2.37. The van der Waals surface area contributed by atoms with Gasteiger partial charge in [0, 0.05) is 118 Å². The largest absolute Gasteiger partial charge is 0.394 e. The normalized spacial score (nSPS) is 24.1. The van der Waals surface area contributed by atoms with Crippen molar-refractivity contribution in [1.82, 2.24) is 97.6 Å². The molecule has 16 amide bonds. The number of nitrogens with two attached hydrogens (primary N) is 2. The number of nitrogens with one attached hydrogen (secondary N) is 13. The third-order valence-corrected chi connectivity index (χ3v) is 24.0. The highest BCUT2D eigenvalue weighted by Crippen LogP contribution is 2.26. The monoisotopic (exact) mass is 1790 g/mol. The van der Waals surface area contributed by atoms with E-state index in [0.717, 1.165) is 37.4 Å². The molecule has 8 rings (SSSR count). The number of likely N-dealkylation sites (N-methyl/N-ethyl adjacent to an activating group) is 4. The molecule has 38 nitrogen and oxygen atoms in total. The number of amides is 16. The van der Waals surface area contributed by atoms with E-state index >= 15 is 19.2 Å². The minimum Gasteiger partial charge on any atom is -0.394 e. The van der Waals surface area contributed by atoms with Crippen LogP contribution in [0.15, 0.2) is 104 Å². The number of hydrogen-bond acceptors (Lipinski definition) is 20. The lowest BCUT2D eigenvalue weighted by atomic mass is 9.99. The molecule has 3 aromatic heterocycles. The van der Waals surface area contributed by atoms with Crippen LogP contribution in [0.5, 0.6) is 0 Å². The minimum atomic E-state index is -1.76. The zero-order valence-corrected chi connectivity index (χ0v) is 75.6. The Morgan fingerprint density at radius 3 is 1.68 bits per heavy atom. The van der Waals surface area contributed by atoms with Crippen molar-refractivity contribution in [2.45, 2.75) is 223 Å². The minimum absolute atomic E-state index is 0.00186. The molecule has 0 saturated carbocycles. The molecule has 0 spiro atoms. The van der Waals surface area contributed by atoms with E-state index in [1.807, 2.05) is 52.0 Å². The number of para-hydroxylation sites is 2. The third kappa shape index (κ3) is 29.4. The van der Waals surface area contributed by atoms with E-state index < -0.39 is 205 Å². The van der Waals surface area contributed by atoms with Crippen LogP contribution in [0, 0.1) is 11.8 Å². The molecule has 2 fully saturated rings. The van der Waals surface area contributed by atoms with Crippen molar-refractivity contribution in [3.63, 3.8) is 0 Å². The number of unbranched alkanes of at least 4 members (excludes halogenated alkanes) is 2. The number of rotatable bonds is 24. The summed E-state index contributed by atoms with van der Waals surface area (Å²) in [4.78, 5) is 252. The molecule has 0 aliphatic carbocycles. The van der Waals surface area contributed by atoms with Crippen molar-refractivity contribution in [3.8, 4) is 0 Å². The predicted octanol–water partition coefficient (Wildman–Crippen LogP) is 0.118. The topological polar surface area (TPSA) is 542 Å². The fraction of sp³-hybridized carbons (Fsp3) is 0.539. The third-order valence-electron chi connectivity index (χ3n) is 22.9. The number of aromatic amines is 3. The maximum Gasteiger partial charge on any atom is 0.246 e. The number of carbonyl (C=O) groups excluding carboxylic acids is 16. The highest BCUT2D eigenvalue weighted by atomic mass is 32.2. The van der Waals surface area contributed by atoms with Crippen LogP contribution in [0.3, 0.4) is 0 Å². The summed E-state index contributed by atoms with van der Waals surface area (Å²) in [6.45, 7) is 10.1. The fourth-order valence-electron chi connectivity index (χ4n) is 15.8. The number of imidazole rings is 1. The van der Waals surface area contributed by atoms with Crippen molar-refractivity contribution < 1.29 is 81.8 Å². The van der Waals surface area contributed by atoms with Gasteiger partial charge in [0.15, 0.2) is 0 Å². The molecular formula is C89H127N21O17S. The quantitative estimate of drug-likeness (QED) is 0.0383. The van der Waals surface area contributed by atoms with Crippen molar-refractivity contribution in [3.05, 3.63) is 126 Å². The second-order valence-electron chi connectivity index (χ2n) is 33.9. The number of H-pyrrole nitrogens is 3. The van der Waals surface area contributed by atoms with Gasteiger partial charge < -0.3 is 104 Å². The highest BCUT2D eigenvalue weighted by Gasteiger charge is 2.43. The van der Waals surface area contributed by atoms with Gasteiger partial charge in [-0.15, -0.1) is 11.8 Å². The molecule has 3 aromatic carbocycles. The zero-order valence-electron chi connectivity index (χ0n) is 74.8. The number of benzene rings is 3. The van der Waals surface area contributed by atoms with Crippen LogP contribution in [-0.2, 0) is 102 Å². The SMILES string of the molecule is CCCCC1C(=O)NC(CC(C)C)C(=O)NC(C(=O)NCC(N)=O)CSCC(=O)NC(Cc2ccccc2)C(=O)N(C)C(C)C(=O)NC(CC(N)=O)C(=O)N2CCCC2C(=O)NC(Cc2cnc[nH]2)C(=O)NC(CC(C)C)C(=O)N(C)CC(=O)NC(Cc2c[nH]c3ccccc23)C(=O)NC(CO)C(=O)NC(Cc2c[nH]c3ccccc23)C(=O)N(C)C(CCCC)CN1C. The Morgan fingerprint density at radius 2 is 1.08 bits per heavy atom. The van der Waals surface area contributed by atoms with E-state index in [2.05, 4.69) is 73.1 Å². The Labute approximate surface area is 749 Å². The second-order valence-corrected chi connectivity index (χ2v) is 35.0. The summed E-state index contributed by atoms with van der Waals surface area (Å²) in [5.74, 6) is -14.7. The molecule has 2 aliphatic heterocycles. The van der Waals surface area contributed by atoms with E-state index in [1.165, 1.54) is 38.4 Å². The van der Waals surface area contributed by atoms with Crippen LogP contribution in [-0.4, -0.2) is 295 Å². The number of carbonyl (C=O) groups is 16. The van der Waals surface area contributed by atoms with E-state index in [1.54, 1.807) is 99.8 Å². The summed E-state index contributed by atoms with van der Waals surface area (Å²) < 4.78 is 0. The number of fused-ring (bicyclic) bond motifs is 3. The number of aliphatic hydroxyl groups excluding tert-OH is 1. The molecule has 2 saturated heterocycles. The van der Waals surface area contributed by atoms with E-state index in [-0.39, 0.29) is 88.5 Å². The molecule has 6 aromatic rings. The Balaban J connectivity index is 1.16. The van der Waals surface area contributed by atoms with Gasteiger partial charge in [0.25, 0.3) is 0 Å². The van der Waals surface area contributed by atoms with Crippen LogP contribution in [0.25, 0.3) is 21.8 Å². The average Bonchev–Trinajstić information content (AvgIpc) is 1.65. The molecule has 2 aliphatic rings. The summed E-state index contributed by atoms with van der Waals surface area (Å²) in [7, 11) is 5.90. The van der Waals surface area contributed by atoms with Gasteiger partial charge >= 0.3 is 0 Å². The average molecular weight is 1800 g/mol. The van der Waals surface area contributed by atoms with Crippen LogP contribution in [0.2, 0.25) is 0 Å². The predicted molar refractivity (Wildman–Crippen MR) is 480 cm³/mol. The molecule has 39 heteroatoms. The van der Waals surface area contributed by atoms with Crippen LogP contribution in [0.1, 0.15) is 141 Å². The van der Waals surface area contributed by atoms with Gasteiger partial charge in [-0.25, -0.2) is 4.98 Å². The summed E-state index contributed by atoms with van der Waals surface area (Å²) in [6, 6.07) is 5.39. The van der Waals surface area contributed by atoms with Gasteiger partial charge in [-0.1, -0.05) is 134 Å². The molecule has 13 atom stereocenters. The van der Waals surface area contributed by atoms with Crippen molar-refractivity contribution in [2.75, 3.05) is 72.5 Å². The summed E-state index contributed by atoms with van der Waals surface area (Å²) in [5.41, 5.74) is 14.7. The molecule has 128 heavy (non-hydrogen) atoms. The number of aromatic nitrogens is 4.